The van der Waals surface area contributed by atoms with E-state index in [1.54, 1.807) is 25.1 Å². The monoisotopic (exact) mass is 288 g/mol. The van der Waals surface area contributed by atoms with E-state index in [0.29, 0.717) is 22.3 Å². The van der Waals surface area contributed by atoms with Crippen LogP contribution >= 0.6 is 23.2 Å². The molecular formula is C14H6Cl2N2O. The number of carbonyl (C=O) groups is 1. The molecule has 0 spiro atoms. The molecule has 0 amide bonds. The highest BCUT2D eigenvalue weighted by molar-refractivity contribution is 6.43. The van der Waals surface area contributed by atoms with Crippen molar-refractivity contribution in [2.24, 2.45) is 0 Å². The van der Waals surface area contributed by atoms with Crippen LogP contribution < -0.4 is 0 Å². The maximum Gasteiger partial charge on any atom is 0.194 e. The standard InChI is InChI=1S/C14H6Cl2N2O/c1-2-8-13(7(5-17)6-18)9-3-11(15)12(16)4-10(9)14(8)19/h2-4H,1H3/b8-2-. The lowest BCUT2D eigenvalue weighted by Gasteiger charge is -2.02. The average molecular weight is 289 g/mol. The minimum absolute atomic E-state index is 0.112. The predicted octanol–water partition coefficient (Wildman–Crippen LogP) is 3.94. The molecule has 3 nitrogen and oxygen atoms in total. The number of Topliss-reactive ketones (excluding diaryl/α,β-unsaturated/α-hetero) is 1. The highest BCUT2D eigenvalue weighted by Gasteiger charge is 2.32. The Morgan fingerprint density at radius 3 is 2.16 bits per heavy atom. The number of rotatable bonds is 0. The minimum Gasteiger partial charge on any atom is -0.289 e. The van der Waals surface area contributed by atoms with Crippen molar-refractivity contribution < 1.29 is 4.79 Å². The van der Waals surface area contributed by atoms with Gasteiger partial charge >= 0.3 is 0 Å². The Hall–Kier alpha value is -2.07. The van der Waals surface area contributed by atoms with Gasteiger partial charge in [-0.3, -0.25) is 4.79 Å². The Labute approximate surface area is 120 Å². The second-order valence-electron chi connectivity index (χ2n) is 3.82. The summed E-state index contributed by atoms with van der Waals surface area (Å²) in [6.07, 6.45) is 1.58. The van der Waals surface area contributed by atoms with Crippen LogP contribution in [-0.4, -0.2) is 5.78 Å². The molecule has 0 saturated carbocycles. The summed E-state index contributed by atoms with van der Waals surface area (Å²) in [6.45, 7) is 1.68. The number of ketones is 1. The van der Waals surface area contributed by atoms with E-state index in [0.717, 1.165) is 0 Å². The lowest BCUT2D eigenvalue weighted by Crippen LogP contribution is -1.95. The van der Waals surface area contributed by atoms with Crippen LogP contribution in [0.15, 0.2) is 29.4 Å². The van der Waals surface area contributed by atoms with E-state index >= 15 is 0 Å². The van der Waals surface area contributed by atoms with Gasteiger partial charge in [-0.25, -0.2) is 0 Å². The third kappa shape index (κ3) is 1.94. The molecule has 1 aliphatic rings. The van der Waals surface area contributed by atoms with Crippen LogP contribution in [0.3, 0.4) is 0 Å². The fourth-order valence-electron chi connectivity index (χ4n) is 2.03. The van der Waals surface area contributed by atoms with E-state index in [1.165, 1.54) is 12.1 Å². The Balaban J connectivity index is 2.91. The van der Waals surface area contributed by atoms with Crippen LogP contribution in [0.25, 0.3) is 5.57 Å². The van der Waals surface area contributed by atoms with Crippen molar-refractivity contribution >= 4 is 34.6 Å². The highest BCUT2D eigenvalue weighted by atomic mass is 35.5. The number of nitriles is 2. The van der Waals surface area contributed by atoms with E-state index in [1.807, 2.05) is 0 Å². The van der Waals surface area contributed by atoms with Crippen LogP contribution in [0.2, 0.25) is 10.0 Å². The molecule has 0 heterocycles. The number of hydrogen-bond acceptors (Lipinski definition) is 3. The average Bonchev–Trinajstić information content (AvgIpc) is 2.65. The van der Waals surface area contributed by atoms with Gasteiger partial charge in [-0.1, -0.05) is 29.3 Å². The Morgan fingerprint density at radius 2 is 1.68 bits per heavy atom. The van der Waals surface area contributed by atoms with Gasteiger partial charge in [0.1, 0.15) is 17.7 Å². The molecule has 0 atom stereocenters. The predicted molar refractivity (Wildman–Crippen MR) is 72.7 cm³/mol. The summed E-state index contributed by atoms with van der Waals surface area (Å²) in [7, 11) is 0. The fourth-order valence-corrected chi connectivity index (χ4v) is 2.35. The molecule has 1 aliphatic carbocycles. The van der Waals surface area contributed by atoms with Crippen LogP contribution in [0.4, 0.5) is 0 Å². The normalized spacial score (nSPS) is 15.1. The maximum absolute atomic E-state index is 12.2. The number of fused-ring (bicyclic) bond motifs is 1. The van der Waals surface area contributed by atoms with Crippen molar-refractivity contribution in [3.05, 3.63) is 50.5 Å². The lowest BCUT2D eigenvalue weighted by atomic mass is 10.00. The molecule has 0 fully saturated rings. The summed E-state index contributed by atoms with van der Waals surface area (Å²) in [4.78, 5) is 12.2. The van der Waals surface area contributed by atoms with Crippen molar-refractivity contribution in [3.63, 3.8) is 0 Å². The lowest BCUT2D eigenvalue weighted by molar-refractivity contribution is 0.104. The molecule has 0 radical (unpaired) electrons. The summed E-state index contributed by atoms with van der Waals surface area (Å²) in [5, 5.41) is 18.6. The fraction of sp³-hybridized carbons (Fsp3) is 0.0714. The summed E-state index contributed by atoms with van der Waals surface area (Å²) in [5.74, 6) is -0.255. The van der Waals surface area contributed by atoms with Crippen molar-refractivity contribution in [3.8, 4) is 12.1 Å². The van der Waals surface area contributed by atoms with Gasteiger partial charge in [-0.05, 0) is 24.6 Å². The molecule has 0 saturated heterocycles. The van der Waals surface area contributed by atoms with Crippen LogP contribution in [0, 0.1) is 22.7 Å². The summed E-state index contributed by atoms with van der Waals surface area (Å²) < 4.78 is 0. The smallest absolute Gasteiger partial charge is 0.194 e. The number of nitrogens with zero attached hydrogens (tertiary/aromatic N) is 2. The molecule has 0 N–H and O–H groups in total. The molecule has 1 aromatic carbocycles. The van der Waals surface area contributed by atoms with Crippen LogP contribution in [-0.2, 0) is 0 Å². The molecule has 0 bridgehead atoms. The number of benzene rings is 1. The molecule has 0 aliphatic heterocycles. The third-order valence-corrected chi connectivity index (χ3v) is 3.57. The summed E-state index contributed by atoms with van der Waals surface area (Å²) in [6, 6.07) is 6.58. The molecule has 5 heteroatoms. The molecule has 0 aromatic heterocycles. The van der Waals surface area contributed by atoms with Gasteiger partial charge < -0.3 is 0 Å². The summed E-state index contributed by atoms with van der Waals surface area (Å²) >= 11 is 11.8. The zero-order chi connectivity index (χ0) is 14.2. The second-order valence-corrected chi connectivity index (χ2v) is 4.63. The van der Waals surface area contributed by atoms with Gasteiger partial charge in [0.2, 0.25) is 0 Å². The van der Waals surface area contributed by atoms with E-state index < -0.39 is 0 Å². The zero-order valence-corrected chi connectivity index (χ0v) is 11.3. The van der Waals surface area contributed by atoms with E-state index in [-0.39, 0.29) is 21.4 Å². The van der Waals surface area contributed by atoms with Gasteiger partial charge in [0, 0.05) is 16.7 Å². The van der Waals surface area contributed by atoms with Gasteiger partial charge in [-0.15, -0.1) is 0 Å². The maximum atomic E-state index is 12.2. The van der Waals surface area contributed by atoms with Gasteiger partial charge in [-0.2, -0.15) is 10.5 Å². The molecule has 2 rings (SSSR count). The van der Waals surface area contributed by atoms with Crippen molar-refractivity contribution in [1.29, 1.82) is 10.5 Å². The molecule has 92 valence electrons. The zero-order valence-electron chi connectivity index (χ0n) is 9.79. The van der Waals surface area contributed by atoms with Crippen LogP contribution in [0.5, 0.6) is 0 Å². The third-order valence-electron chi connectivity index (χ3n) is 2.85. The van der Waals surface area contributed by atoms with Crippen LogP contribution in [0.1, 0.15) is 22.8 Å². The number of allylic oxidation sites excluding steroid dienone is 4. The first-order chi connectivity index (χ1) is 9.04. The second kappa shape index (κ2) is 4.90. The minimum atomic E-state index is -0.255. The first-order valence-corrected chi connectivity index (χ1v) is 6.06. The Bertz CT molecular complexity index is 730. The largest absolute Gasteiger partial charge is 0.289 e. The molecule has 1 aromatic rings. The highest BCUT2D eigenvalue weighted by Crippen LogP contribution is 2.41. The van der Waals surface area contributed by atoms with Gasteiger partial charge in [0.05, 0.1) is 10.0 Å². The van der Waals surface area contributed by atoms with E-state index in [4.69, 9.17) is 33.7 Å². The Morgan fingerprint density at radius 1 is 1.16 bits per heavy atom. The first-order valence-electron chi connectivity index (χ1n) is 5.30. The van der Waals surface area contributed by atoms with Gasteiger partial charge in [0.25, 0.3) is 0 Å². The quantitative estimate of drug-likeness (QED) is 0.536. The summed E-state index contributed by atoms with van der Waals surface area (Å²) in [5.41, 5.74) is 1.38. The topological polar surface area (TPSA) is 64.7 Å². The van der Waals surface area contributed by atoms with Gasteiger partial charge in [0.15, 0.2) is 5.78 Å². The Kier molecular flexibility index (Phi) is 3.44. The number of carbonyl (C=O) groups excluding carboxylic acids is 1. The number of hydrogen-bond donors (Lipinski definition) is 0. The van der Waals surface area contributed by atoms with E-state index in [2.05, 4.69) is 0 Å². The first kappa shape index (κ1) is 13.4. The van der Waals surface area contributed by atoms with Crippen molar-refractivity contribution in [2.75, 3.05) is 0 Å². The molecular weight excluding hydrogens is 283 g/mol. The molecule has 19 heavy (non-hydrogen) atoms. The van der Waals surface area contributed by atoms with Crippen molar-refractivity contribution in [2.45, 2.75) is 6.92 Å². The van der Waals surface area contributed by atoms with Crippen molar-refractivity contribution in [1.82, 2.24) is 0 Å². The number of halogens is 2. The van der Waals surface area contributed by atoms with E-state index in [9.17, 15) is 4.79 Å². The SMILES string of the molecule is C/C=C1\C(=O)c2cc(Cl)c(Cl)cc2C1=C(C#N)C#N. The molecule has 0 unspecified atom stereocenters.